The third-order valence-electron chi connectivity index (χ3n) is 7.45. The van der Waals surface area contributed by atoms with E-state index in [0.717, 1.165) is 0 Å². The molecular formula is C34H8F20FeP2-6. The Hall–Kier alpha value is -4.44. The Morgan fingerprint density at radius 2 is 0.526 bits per heavy atom. The Balaban J connectivity index is 0.00000111. The SMILES string of the molecule is Fc1c(F)c(F)c(P(c2c(F)c(F)c(F)c(F)c2F)c2ccc[c-]2P(c2c(F)c(F)c(F)c(F)c2F)c2c(F)c(F)c(F)c(F)c2F)c(F)c1F.[Fe].[cH-]1[cH-][cH-][cH-][cH-]1. The van der Waals surface area contributed by atoms with Gasteiger partial charge in [-0.2, -0.15) is 6.07 Å². The van der Waals surface area contributed by atoms with E-state index in [1.54, 1.807) is 0 Å². The molecule has 0 atom stereocenters. The fraction of sp³-hybridized carbons (Fsp3) is 0. The number of benzene rings is 4. The number of halogens is 20. The summed E-state index contributed by atoms with van der Waals surface area (Å²) in [7, 11) is -9.38. The zero-order chi connectivity index (χ0) is 41.8. The van der Waals surface area contributed by atoms with Gasteiger partial charge in [0.1, 0.15) is 0 Å². The van der Waals surface area contributed by atoms with Gasteiger partial charge in [-0.1, -0.05) is 7.92 Å². The van der Waals surface area contributed by atoms with Crippen LogP contribution in [0.3, 0.4) is 0 Å². The van der Waals surface area contributed by atoms with Gasteiger partial charge in [0.15, 0.2) is 93.1 Å². The van der Waals surface area contributed by atoms with E-state index in [1.165, 1.54) is 0 Å². The van der Waals surface area contributed by atoms with Gasteiger partial charge in [0.05, 0.1) is 21.2 Å². The van der Waals surface area contributed by atoms with Gasteiger partial charge in [0.25, 0.3) is 0 Å². The molecular weight excluding hydrogens is 906 g/mol. The molecule has 0 nitrogen and oxygen atoms in total. The zero-order valence-electron chi connectivity index (χ0n) is 26.4. The summed E-state index contributed by atoms with van der Waals surface area (Å²) in [5, 5.41) is -13.3. The van der Waals surface area contributed by atoms with Crippen LogP contribution in [0.25, 0.3) is 0 Å². The van der Waals surface area contributed by atoms with Gasteiger partial charge in [-0.3, -0.25) is 0 Å². The molecule has 0 bridgehead atoms. The Kier molecular flexibility index (Phi) is 13.7. The summed E-state index contributed by atoms with van der Waals surface area (Å²) in [6, 6.07) is 10.7. The molecule has 0 unspecified atom stereocenters. The Labute approximate surface area is 317 Å². The van der Waals surface area contributed by atoms with E-state index in [0.29, 0.717) is 6.07 Å². The summed E-state index contributed by atoms with van der Waals surface area (Å²) in [6.45, 7) is 0. The number of hydrogen-bond donors (Lipinski definition) is 0. The predicted octanol–water partition coefficient (Wildman–Crippen LogP) is 9.11. The molecule has 0 aromatic heterocycles. The van der Waals surface area contributed by atoms with Gasteiger partial charge in [0, 0.05) is 17.1 Å². The molecule has 0 aliphatic carbocycles. The van der Waals surface area contributed by atoms with E-state index in [2.05, 4.69) is 0 Å². The van der Waals surface area contributed by atoms with Crippen molar-refractivity contribution in [2.45, 2.75) is 0 Å². The van der Waals surface area contributed by atoms with E-state index in [1.807, 2.05) is 30.3 Å². The maximum Gasteiger partial charge on any atom is 0.200 e. The summed E-state index contributed by atoms with van der Waals surface area (Å²) in [5.41, 5.74) is 0. The summed E-state index contributed by atoms with van der Waals surface area (Å²) in [4.78, 5) is 0. The predicted molar refractivity (Wildman–Crippen MR) is 161 cm³/mol. The molecule has 6 aromatic carbocycles. The molecule has 6 aromatic rings. The van der Waals surface area contributed by atoms with Crippen LogP contribution >= 0.6 is 15.8 Å². The second-order valence-electron chi connectivity index (χ2n) is 10.6. The Morgan fingerprint density at radius 3 is 0.772 bits per heavy atom. The minimum absolute atomic E-state index is 0. The topological polar surface area (TPSA) is 0 Å². The van der Waals surface area contributed by atoms with Crippen molar-refractivity contribution in [2.24, 2.45) is 0 Å². The average Bonchev–Trinajstić information content (AvgIpc) is 3.93. The molecule has 0 heterocycles. The van der Waals surface area contributed by atoms with Crippen LogP contribution in [0.5, 0.6) is 0 Å². The summed E-state index contributed by atoms with van der Waals surface area (Å²) in [5.74, 6) is -60.1. The molecule has 308 valence electrons. The summed E-state index contributed by atoms with van der Waals surface area (Å²) >= 11 is 0. The molecule has 0 aliphatic rings. The fourth-order valence-electron chi connectivity index (χ4n) is 4.96. The van der Waals surface area contributed by atoms with Crippen LogP contribution in [0.4, 0.5) is 87.8 Å². The van der Waals surface area contributed by atoms with Gasteiger partial charge in [-0.15, -0.1) is 10.6 Å². The zero-order valence-corrected chi connectivity index (χ0v) is 29.3. The van der Waals surface area contributed by atoms with E-state index >= 15 is 35.1 Å². The van der Waals surface area contributed by atoms with Gasteiger partial charge in [0.2, 0.25) is 23.3 Å². The first-order valence-corrected chi connectivity index (χ1v) is 17.0. The van der Waals surface area contributed by atoms with Gasteiger partial charge in [-0.25, -0.2) is 99.9 Å². The quantitative estimate of drug-likeness (QED) is 0.0391. The first kappa shape index (κ1) is 45.3. The maximum atomic E-state index is 15.3. The van der Waals surface area contributed by atoms with E-state index < -0.39 is 164 Å². The van der Waals surface area contributed by atoms with Crippen LogP contribution in [0, 0.1) is 116 Å². The van der Waals surface area contributed by atoms with Crippen molar-refractivity contribution in [1.29, 1.82) is 0 Å². The standard InChI is InChI=1S/C29H3F20P2.C5H5.Fe/c30-6-10(34)18(42)26(19(43)11(6)35)50(27-20(44)12(36)7(31)13(37)21(27)45)4-2-1-3-5(4)51(28-22(46)14(38)8(32)15(39)23(28)47)29-24(48)16(40)9(33)17(41)25(29)49;1-2-4-5-3-1;/h1-3H;1-5H;/q-1;-5;. The first-order valence-electron chi connectivity index (χ1n) is 14.3. The molecule has 0 N–H and O–H groups in total. The largest absolute Gasteiger partial charge is 0.748 e. The van der Waals surface area contributed by atoms with E-state index in [4.69, 9.17) is 0 Å². The fourth-order valence-corrected chi connectivity index (χ4v) is 10.4. The Bertz CT molecular complexity index is 2090. The molecule has 0 saturated carbocycles. The van der Waals surface area contributed by atoms with Crippen molar-refractivity contribution >= 4 is 47.7 Å². The Morgan fingerprint density at radius 1 is 0.316 bits per heavy atom. The van der Waals surface area contributed by atoms with Gasteiger partial charge < -0.3 is 30.3 Å². The number of rotatable bonds is 6. The van der Waals surface area contributed by atoms with Crippen LogP contribution in [-0.2, 0) is 17.1 Å². The summed E-state index contributed by atoms with van der Waals surface area (Å²) in [6.07, 6.45) is 0. The number of hydrogen-bond acceptors (Lipinski definition) is 0. The molecule has 0 spiro atoms. The molecule has 23 heteroatoms. The van der Waals surface area contributed by atoms with Crippen molar-refractivity contribution in [3.63, 3.8) is 0 Å². The van der Waals surface area contributed by atoms with Crippen LogP contribution in [0.15, 0.2) is 48.5 Å². The van der Waals surface area contributed by atoms with Crippen LogP contribution in [0.1, 0.15) is 0 Å². The monoisotopic (exact) mass is 914 g/mol. The van der Waals surface area contributed by atoms with Gasteiger partial charge >= 0.3 is 0 Å². The average molecular weight is 914 g/mol. The third kappa shape index (κ3) is 7.43. The van der Waals surface area contributed by atoms with Crippen LogP contribution in [0.2, 0.25) is 0 Å². The molecule has 57 heavy (non-hydrogen) atoms. The maximum absolute atomic E-state index is 15.3. The van der Waals surface area contributed by atoms with Crippen molar-refractivity contribution in [2.75, 3.05) is 0 Å². The van der Waals surface area contributed by atoms with Crippen LogP contribution in [-0.4, -0.2) is 0 Å². The minimum Gasteiger partial charge on any atom is -0.748 e. The third-order valence-corrected chi connectivity index (χ3v) is 12.7. The van der Waals surface area contributed by atoms with Crippen molar-refractivity contribution in [1.82, 2.24) is 0 Å². The van der Waals surface area contributed by atoms with E-state index in [-0.39, 0.29) is 29.2 Å². The van der Waals surface area contributed by atoms with Crippen molar-refractivity contribution in [3.05, 3.63) is 165 Å². The van der Waals surface area contributed by atoms with Crippen molar-refractivity contribution < 1.29 is 105 Å². The minimum atomic E-state index is -4.69. The second-order valence-corrected chi connectivity index (χ2v) is 14.7. The molecule has 0 fully saturated rings. The first-order chi connectivity index (χ1) is 26.2. The summed E-state index contributed by atoms with van der Waals surface area (Å²) < 4.78 is 294. The molecule has 0 saturated heterocycles. The molecule has 0 amide bonds. The van der Waals surface area contributed by atoms with Crippen LogP contribution < -0.4 is 31.8 Å². The normalized spacial score (nSPS) is 11.3. The second kappa shape index (κ2) is 17.2. The smallest absolute Gasteiger partial charge is 0.200 e. The molecule has 6 rings (SSSR count). The molecule has 0 radical (unpaired) electrons. The van der Waals surface area contributed by atoms with Crippen molar-refractivity contribution in [3.8, 4) is 0 Å². The molecule has 0 aliphatic heterocycles. The van der Waals surface area contributed by atoms with E-state index in [9.17, 15) is 52.7 Å². The van der Waals surface area contributed by atoms with Gasteiger partial charge in [-0.05, 0) is 7.92 Å².